The van der Waals surface area contributed by atoms with Crippen LogP contribution in [-0.2, 0) is 0 Å². The van der Waals surface area contributed by atoms with Gasteiger partial charge in [-0.3, -0.25) is 4.98 Å². The van der Waals surface area contributed by atoms with Gasteiger partial charge in [-0.25, -0.2) is 0 Å². The number of nitrogens with zero attached hydrogens (tertiary/aromatic N) is 1. The Balaban J connectivity index is 2.81. The lowest BCUT2D eigenvalue weighted by molar-refractivity contribution is 1.02. The summed E-state index contributed by atoms with van der Waals surface area (Å²) < 4.78 is 0. The average molecular weight is 162 g/mol. The summed E-state index contributed by atoms with van der Waals surface area (Å²) in [6, 6.07) is 2.07. The molecule has 0 saturated heterocycles. The Hall–Kier alpha value is -1.15. The van der Waals surface area contributed by atoms with Crippen LogP contribution >= 0.6 is 0 Å². The summed E-state index contributed by atoms with van der Waals surface area (Å²) in [6.07, 6.45) is 4.50. The van der Waals surface area contributed by atoms with Gasteiger partial charge in [0.1, 0.15) is 0 Å². The fraction of sp³-hybridized carbons (Fsp3) is 0.300. The molecule has 0 fully saturated rings. The largest absolute Gasteiger partial charge is 0.330 e. The zero-order chi connectivity index (χ0) is 8.97. The Morgan fingerprint density at radius 1 is 1.58 bits per heavy atom. The minimum absolute atomic E-state index is 0.646. The highest BCUT2D eigenvalue weighted by Gasteiger charge is 1.97. The number of aromatic nitrogens is 1. The van der Waals surface area contributed by atoms with Gasteiger partial charge in [-0.1, -0.05) is 6.58 Å². The summed E-state index contributed by atoms with van der Waals surface area (Å²) >= 11 is 0. The zero-order valence-corrected chi connectivity index (χ0v) is 7.38. The van der Waals surface area contributed by atoms with E-state index >= 15 is 0 Å². The minimum Gasteiger partial charge on any atom is -0.330 e. The highest BCUT2D eigenvalue weighted by atomic mass is 14.6. The molecule has 0 unspecified atom stereocenters. The lowest BCUT2D eigenvalue weighted by Crippen LogP contribution is -1.99. The molecule has 1 aromatic heterocycles. The van der Waals surface area contributed by atoms with E-state index in [-0.39, 0.29) is 0 Å². The van der Waals surface area contributed by atoms with Crippen LogP contribution in [0.3, 0.4) is 0 Å². The van der Waals surface area contributed by atoms with E-state index in [1.807, 2.05) is 19.3 Å². The van der Waals surface area contributed by atoms with Crippen LogP contribution in [0.25, 0.3) is 5.57 Å². The predicted octanol–water partition coefficient (Wildman–Crippen LogP) is 1.75. The third kappa shape index (κ3) is 2.17. The Bertz CT molecular complexity index is 279. The predicted molar refractivity (Wildman–Crippen MR) is 51.7 cm³/mol. The van der Waals surface area contributed by atoms with Crippen LogP contribution in [0.1, 0.15) is 17.5 Å². The van der Waals surface area contributed by atoms with E-state index in [0.717, 1.165) is 23.1 Å². The molecule has 0 aliphatic rings. The van der Waals surface area contributed by atoms with E-state index in [0.29, 0.717) is 6.54 Å². The first-order valence-corrected chi connectivity index (χ1v) is 4.04. The van der Waals surface area contributed by atoms with Crippen molar-refractivity contribution in [3.63, 3.8) is 0 Å². The molecule has 2 nitrogen and oxygen atoms in total. The van der Waals surface area contributed by atoms with Crippen molar-refractivity contribution in [3.8, 4) is 0 Å². The molecule has 12 heavy (non-hydrogen) atoms. The second kappa shape index (κ2) is 4.02. The Kier molecular flexibility index (Phi) is 3.00. The van der Waals surface area contributed by atoms with Gasteiger partial charge in [0.05, 0.1) is 0 Å². The van der Waals surface area contributed by atoms with Crippen molar-refractivity contribution in [3.05, 3.63) is 36.2 Å². The second-order valence-electron chi connectivity index (χ2n) is 2.89. The lowest BCUT2D eigenvalue weighted by Gasteiger charge is -2.03. The fourth-order valence-electron chi connectivity index (χ4n) is 1.07. The molecule has 1 heterocycles. The molecule has 1 aromatic rings. The van der Waals surface area contributed by atoms with Crippen molar-refractivity contribution in [1.29, 1.82) is 0 Å². The van der Waals surface area contributed by atoms with E-state index < -0.39 is 0 Å². The first-order valence-electron chi connectivity index (χ1n) is 4.04. The highest BCUT2D eigenvalue weighted by Crippen LogP contribution is 2.14. The topological polar surface area (TPSA) is 38.9 Å². The van der Waals surface area contributed by atoms with Gasteiger partial charge in [0.25, 0.3) is 0 Å². The molecule has 0 bridgehead atoms. The van der Waals surface area contributed by atoms with E-state index in [4.69, 9.17) is 5.73 Å². The van der Waals surface area contributed by atoms with Crippen LogP contribution in [-0.4, -0.2) is 11.5 Å². The van der Waals surface area contributed by atoms with Gasteiger partial charge in [-0.2, -0.15) is 0 Å². The molecule has 0 spiro atoms. The third-order valence-corrected chi connectivity index (χ3v) is 1.73. The van der Waals surface area contributed by atoms with Gasteiger partial charge in [0, 0.05) is 12.4 Å². The summed E-state index contributed by atoms with van der Waals surface area (Å²) in [7, 11) is 0. The van der Waals surface area contributed by atoms with Crippen molar-refractivity contribution in [2.45, 2.75) is 13.3 Å². The van der Waals surface area contributed by atoms with E-state index in [2.05, 4.69) is 17.6 Å². The maximum absolute atomic E-state index is 5.42. The number of pyridine rings is 1. The van der Waals surface area contributed by atoms with Gasteiger partial charge < -0.3 is 5.73 Å². The van der Waals surface area contributed by atoms with Crippen molar-refractivity contribution in [2.75, 3.05) is 6.54 Å². The lowest BCUT2D eigenvalue weighted by atomic mass is 10.1. The molecule has 2 N–H and O–H groups in total. The zero-order valence-electron chi connectivity index (χ0n) is 7.38. The summed E-state index contributed by atoms with van der Waals surface area (Å²) in [5.74, 6) is 0. The van der Waals surface area contributed by atoms with Gasteiger partial charge >= 0.3 is 0 Å². The average Bonchev–Trinajstić information content (AvgIpc) is 2.05. The smallest absolute Gasteiger partial charge is 0.0343 e. The molecule has 0 radical (unpaired) electrons. The minimum atomic E-state index is 0.646. The second-order valence-corrected chi connectivity index (χ2v) is 2.89. The first-order chi connectivity index (χ1) is 5.74. The molecular formula is C10H14N2. The SMILES string of the molecule is C=C(CCN)c1cncc(C)c1. The number of hydrogen-bond acceptors (Lipinski definition) is 2. The number of nitrogens with two attached hydrogens (primary N) is 1. The number of rotatable bonds is 3. The maximum atomic E-state index is 5.42. The van der Waals surface area contributed by atoms with Gasteiger partial charge in [0.15, 0.2) is 0 Å². The number of hydrogen-bond donors (Lipinski definition) is 1. The Labute approximate surface area is 73.1 Å². The highest BCUT2D eigenvalue weighted by molar-refractivity contribution is 5.62. The van der Waals surface area contributed by atoms with Gasteiger partial charge in [-0.05, 0) is 42.7 Å². The van der Waals surface area contributed by atoms with Crippen molar-refractivity contribution >= 4 is 5.57 Å². The quantitative estimate of drug-likeness (QED) is 0.735. The van der Waals surface area contributed by atoms with Gasteiger partial charge in [0.2, 0.25) is 0 Å². The molecule has 0 aliphatic heterocycles. The molecule has 64 valence electrons. The first kappa shape index (κ1) is 8.94. The maximum Gasteiger partial charge on any atom is 0.0343 e. The van der Waals surface area contributed by atoms with Crippen LogP contribution in [0.2, 0.25) is 0 Å². The van der Waals surface area contributed by atoms with Crippen LogP contribution in [0.15, 0.2) is 25.0 Å². The van der Waals surface area contributed by atoms with Crippen LogP contribution in [0.5, 0.6) is 0 Å². The third-order valence-electron chi connectivity index (χ3n) is 1.73. The molecule has 0 aromatic carbocycles. The van der Waals surface area contributed by atoms with Crippen LogP contribution in [0, 0.1) is 6.92 Å². The molecule has 0 saturated carbocycles. The van der Waals surface area contributed by atoms with E-state index in [9.17, 15) is 0 Å². The van der Waals surface area contributed by atoms with Crippen LogP contribution in [0.4, 0.5) is 0 Å². The molecule has 0 amide bonds. The Morgan fingerprint density at radius 3 is 2.92 bits per heavy atom. The summed E-state index contributed by atoms with van der Waals surface area (Å²) in [5, 5.41) is 0. The van der Waals surface area contributed by atoms with E-state index in [1.54, 1.807) is 0 Å². The summed E-state index contributed by atoms with van der Waals surface area (Å²) in [4.78, 5) is 4.09. The van der Waals surface area contributed by atoms with Crippen molar-refractivity contribution in [1.82, 2.24) is 4.98 Å². The number of aryl methyl sites for hydroxylation is 1. The van der Waals surface area contributed by atoms with Crippen molar-refractivity contribution in [2.24, 2.45) is 5.73 Å². The summed E-state index contributed by atoms with van der Waals surface area (Å²) in [5.41, 5.74) is 8.74. The molecule has 2 heteroatoms. The molecule has 1 rings (SSSR count). The Morgan fingerprint density at radius 2 is 2.33 bits per heavy atom. The fourth-order valence-corrected chi connectivity index (χ4v) is 1.07. The van der Waals surface area contributed by atoms with Crippen LogP contribution < -0.4 is 5.73 Å². The van der Waals surface area contributed by atoms with Gasteiger partial charge in [-0.15, -0.1) is 0 Å². The summed E-state index contributed by atoms with van der Waals surface area (Å²) in [6.45, 7) is 6.60. The molecular weight excluding hydrogens is 148 g/mol. The molecule has 0 aliphatic carbocycles. The monoisotopic (exact) mass is 162 g/mol. The van der Waals surface area contributed by atoms with Crippen molar-refractivity contribution < 1.29 is 0 Å². The van der Waals surface area contributed by atoms with E-state index in [1.165, 1.54) is 0 Å². The standard InChI is InChI=1S/C10H14N2/c1-8-5-10(7-12-6-8)9(2)3-4-11/h5-7H,2-4,11H2,1H3. The molecule has 0 atom stereocenters. The normalized spacial score (nSPS) is 9.83.